The van der Waals surface area contributed by atoms with Crippen LogP contribution in [0.5, 0.6) is 0 Å². The molecule has 510 valence electrons. The Hall–Kier alpha value is -5.10. The molecule has 45 heteroatoms. The summed E-state index contributed by atoms with van der Waals surface area (Å²) < 4.78 is 532. The van der Waals surface area contributed by atoms with Crippen LogP contribution in [0.3, 0.4) is 0 Å². The average Bonchev–Trinajstić information content (AvgIpc) is 0.774. The van der Waals surface area contributed by atoms with Gasteiger partial charge in [-0.25, -0.2) is 0 Å². The Balaban J connectivity index is 3.98. The average molecular weight is 1370 g/mol. The minimum atomic E-state index is -8.40. The van der Waals surface area contributed by atoms with E-state index in [0.29, 0.717) is 0 Å². The van der Waals surface area contributed by atoms with E-state index in [1.54, 1.807) is 0 Å². The fourth-order valence-electron chi connectivity index (χ4n) is 7.53. The van der Waals surface area contributed by atoms with E-state index in [-0.39, 0.29) is 0 Å². The summed E-state index contributed by atoms with van der Waals surface area (Å²) in [5.74, 6) is -126. The molecule has 1 aromatic carbocycles. The first-order valence-corrected chi connectivity index (χ1v) is 22.9. The summed E-state index contributed by atoms with van der Waals surface area (Å²) in [6.07, 6.45) is -42.1. The molecule has 0 aliphatic rings. The van der Waals surface area contributed by atoms with E-state index in [9.17, 15) is 186 Å². The highest BCUT2D eigenvalue weighted by Crippen LogP contribution is 2.64. The summed E-state index contributed by atoms with van der Waals surface area (Å²) in [5, 5.41) is 4.61. The number of amides is 3. The minimum absolute atomic E-state index is 0.469. The van der Waals surface area contributed by atoms with E-state index in [4.69, 9.17) is 0 Å². The molecule has 0 atom stereocenters. The molecule has 0 heterocycles. The van der Waals surface area contributed by atoms with Crippen molar-refractivity contribution in [2.75, 3.05) is 0 Å². The van der Waals surface area contributed by atoms with Crippen molar-refractivity contribution < 1.29 is 186 Å². The number of alkyl halides is 39. The first kappa shape index (κ1) is 79.9. The van der Waals surface area contributed by atoms with Crippen molar-refractivity contribution in [1.29, 1.82) is 0 Å². The Labute approximate surface area is 458 Å². The monoisotopic (exact) mass is 1370 g/mol. The van der Waals surface area contributed by atoms with E-state index in [2.05, 4.69) is 0 Å². The highest BCUT2D eigenvalue weighted by Gasteiger charge is 2.93. The summed E-state index contributed by atoms with van der Waals surface area (Å²) in [7, 11) is 0. The van der Waals surface area contributed by atoms with Crippen LogP contribution < -0.4 is 16.0 Å². The van der Waals surface area contributed by atoms with Gasteiger partial charge in [0.2, 0.25) is 17.7 Å². The minimum Gasteiger partial charge on any atom is -0.352 e. The van der Waals surface area contributed by atoms with Gasteiger partial charge in [0.1, 0.15) is 0 Å². The molecule has 0 unspecified atom stereocenters. The van der Waals surface area contributed by atoms with Crippen LogP contribution in [0.4, 0.5) is 171 Å². The maximum Gasteiger partial charge on any atom is 0.460 e. The first-order chi connectivity index (χ1) is 38.1. The van der Waals surface area contributed by atoms with Crippen LogP contribution in [-0.4, -0.2) is 125 Å². The zero-order valence-electron chi connectivity index (χ0n) is 42.5. The SMILES string of the molecule is CCc1c(CNC(=O)CCC(F)(F)C(F)(F)C(F)(F)C(F)(F)C(F)(F)C(F)(F)F)c(CC)c(CNC(=O)CCC(F)(F)C(F)(F)C(F)(F)C(F)(F)C(F)(F)C(F)(F)F)c(CC)c1CNC(=O)CCC(F)(F)C(F)(F)C(F)(F)C(F)(F)C(F)(F)C(F)(F)F. The van der Waals surface area contributed by atoms with Gasteiger partial charge >= 0.3 is 107 Å². The van der Waals surface area contributed by atoms with Crippen LogP contribution >= 0.6 is 0 Å². The number of rotatable bonds is 30. The largest absolute Gasteiger partial charge is 0.460 e. The second-order valence-electron chi connectivity index (χ2n) is 18.3. The first-order valence-electron chi connectivity index (χ1n) is 22.9. The summed E-state index contributed by atoms with van der Waals surface area (Å²) in [5.41, 5.74) is -3.35. The molecule has 1 aromatic rings. The van der Waals surface area contributed by atoms with Crippen LogP contribution in [0.1, 0.15) is 92.7 Å². The Morgan fingerprint density at radius 2 is 0.391 bits per heavy atom. The van der Waals surface area contributed by atoms with Gasteiger partial charge in [-0.2, -0.15) is 171 Å². The fourth-order valence-corrected chi connectivity index (χ4v) is 7.53. The summed E-state index contributed by atoms with van der Waals surface area (Å²) in [4.78, 5) is 38.2. The molecule has 0 saturated heterocycles. The second-order valence-corrected chi connectivity index (χ2v) is 18.3. The van der Waals surface area contributed by atoms with Crippen molar-refractivity contribution in [1.82, 2.24) is 16.0 Å². The van der Waals surface area contributed by atoms with Gasteiger partial charge in [0.05, 0.1) is 0 Å². The Kier molecular flexibility index (Phi) is 22.6. The standard InChI is InChI=1S/C42H36F39N3O3/c1-4-16-19(13-82-22(85)7-10-25(43,44)28(49,50)31(55,56)34(61,62)37(67,68)40(73,74)75)17(5-2)21(15-84-24(87)9-12-27(47,48)30(53,54)33(59,60)36(65,66)39(71,72)42(79,80)81)18(6-3)20(16)14-83-23(86)8-11-26(45,46)29(51,52)32(57,58)35(63,64)38(69,70)41(76,77)78/h4-15H2,1-3H3,(H,82,85)(H,83,86)(H,84,87). The van der Waals surface area contributed by atoms with Crippen molar-refractivity contribution in [3.05, 3.63) is 33.4 Å². The number of halogens is 39. The normalized spacial score (nSPS) is 15.2. The molecule has 0 aliphatic carbocycles. The van der Waals surface area contributed by atoms with Crippen LogP contribution in [0, 0.1) is 0 Å². The van der Waals surface area contributed by atoms with Crippen molar-refractivity contribution >= 4 is 17.7 Å². The molecule has 87 heavy (non-hydrogen) atoms. The predicted octanol–water partition coefficient (Wildman–Crippen LogP) is 15.8. The predicted molar refractivity (Wildman–Crippen MR) is 210 cm³/mol. The van der Waals surface area contributed by atoms with Gasteiger partial charge in [-0.15, -0.1) is 0 Å². The van der Waals surface area contributed by atoms with E-state index in [1.807, 2.05) is 0 Å². The number of nitrogens with one attached hydrogen (secondary N) is 3. The summed E-state index contributed by atoms with van der Waals surface area (Å²) >= 11 is 0. The molecule has 0 bridgehead atoms. The van der Waals surface area contributed by atoms with E-state index < -0.39 is 236 Å². The second kappa shape index (κ2) is 24.6. The van der Waals surface area contributed by atoms with E-state index >= 15 is 0 Å². The molecule has 0 fully saturated rings. The van der Waals surface area contributed by atoms with E-state index in [1.165, 1.54) is 16.0 Å². The molecule has 0 aliphatic heterocycles. The van der Waals surface area contributed by atoms with Gasteiger partial charge in [0, 0.05) is 58.2 Å². The lowest BCUT2D eigenvalue weighted by Gasteiger charge is -2.39. The topological polar surface area (TPSA) is 87.3 Å². The molecule has 0 aromatic heterocycles. The lowest BCUT2D eigenvalue weighted by molar-refractivity contribution is -0.440. The number of hydrogen-bond donors (Lipinski definition) is 3. The van der Waals surface area contributed by atoms with Gasteiger partial charge in [-0.05, 0) is 52.6 Å². The highest BCUT2D eigenvalue weighted by molar-refractivity contribution is 5.77. The number of benzene rings is 1. The third-order valence-corrected chi connectivity index (χ3v) is 12.6. The third kappa shape index (κ3) is 13.5. The molecule has 3 N–H and O–H groups in total. The van der Waals surface area contributed by atoms with Crippen LogP contribution in [0.25, 0.3) is 0 Å². The maximum absolute atomic E-state index is 14.5. The quantitative estimate of drug-likeness (QED) is 0.0671. The third-order valence-electron chi connectivity index (χ3n) is 12.6. The van der Waals surface area contributed by atoms with Crippen molar-refractivity contribution in [2.45, 2.75) is 206 Å². The molecule has 0 spiro atoms. The van der Waals surface area contributed by atoms with Crippen molar-refractivity contribution in [3.8, 4) is 0 Å². The molecule has 3 amide bonds. The smallest absolute Gasteiger partial charge is 0.352 e. The number of carbonyl (C=O) groups is 3. The van der Waals surface area contributed by atoms with Gasteiger partial charge < -0.3 is 16.0 Å². The van der Waals surface area contributed by atoms with Crippen molar-refractivity contribution in [2.24, 2.45) is 0 Å². The zero-order chi connectivity index (χ0) is 69.8. The van der Waals surface area contributed by atoms with Gasteiger partial charge in [-0.1, -0.05) is 20.8 Å². The van der Waals surface area contributed by atoms with Gasteiger partial charge in [0.15, 0.2) is 0 Å². The van der Waals surface area contributed by atoms with E-state index in [0.717, 1.165) is 20.8 Å². The Bertz CT molecular complexity index is 2300. The van der Waals surface area contributed by atoms with Crippen LogP contribution in [0.15, 0.2) is 0 Å². The maximum atomic E-state index is 14.5. The number of carbonyl (C=O) groups excluding carboxylic acids is 3. The fraction of sp³-hybridized carbons (Fsp3) is 0.786. The number of hydrogen-bond acceptors (Lipinski definition) is 3. The molecule has 0 saturated carbocycles. The molecule has 1 rings (SSSR count). The van der Waals surface area contributed by atoms with Crippen LogP contribution in [0.2, 0.25) is 0 Å². The zero-order valence-corrected chi connectivity index (χ0v) is 42.5. The molecule has 6 nitrogen and oxygen atoms in total. The molecular weight excluding hydrogens is 1340 g/mol. The van der Waals surface area contributed by atoms with Gasteiger partial charge in [-0.3, -0.25) is 14.4 Å². The van der Waals surface area contributed by atoms with Gasteiger partial charge in [0.25, 0.3) is 0 Å². The summed E-state index contributed by atoms with van der Waals surface area (Å²) in [6.45, 7) is -1.21. The lowest BCUT2D eigenvalue weighted by atomic mass is 9.83. The Morgan fingerprint density at radius 3 is 0.529 bits per heavy atom. The highest BCUT2D eigenvalue weighted by atomic mass is 19.5. The molecule has 0 radical (unpaired) electrons. The lowest BCUT2D eigenvalue weighted by Crippen LogP contribution is -2.70. The summed E-state index contributed by atoms with van der Waals surface area (Å²) in [6, 6.07) is 0. The molecular formula is C42H36F39N3O3. The van der Waals surface area contributed by atoms with Crippen LogP contribution in [-0.2, 0) is 53.3 Å². The Morgan fingerprint density at radius 1 is 0.241 bits per heavy atom. The van der Waals surface area contributed by atoms with Crippen molar-refractivity contribution in [3.63, 3.8) is 0 Å².